The molecule has 0 aromatic rings. The van der Waals surface area contributed by atoms with E-state index in [0.717, 1.165) is 32.5 Å². The van der Waals surface area contributed by atoms with Crippen LogP contribution in [-0.4, -0.2) is 25.4 Å². The number of rotatable bonds is 13. The Morgan fingerprint density at radius 1 is 0.944 bits per heavy atom. The fourth-order valence-electron chi connectivity index (χ4n) is 2.01. The van der Waals surface area contributed by atoms with E-state index in [-0.39, 0.29) is 5.38 Å². The minimum Gasteiger partial charge on any atom is -0.355 e. The topological polar surface area (TPSA) is 18.5 Å². The van der Waals surface area contributed by atoms with Gasteiger partial charge in [0.05, 0.1) is 0 Å². The van der Waals surface area contributed by atoms with Gasteiger partial charge < -0.3 is 9.47 Å². The third-order valence-corrected chi connectivity index (χ3v) is 3.20. The zero-order valence-electron chi connectivity index (χ0n) is 12.4. The summed E-state index contributed by atoms with van der Waals surface area (Å²) in [5.74, 6) is 0.691. The fourth-order valence-corrected chi connectivity index (χ4v) is 2.32. The van der Waals surface area contributed by atoms with Crippen LogP contribution in [0, 0.1) is 5.92 Å². The van der Waals surface area contributed by atoms with Gasteiger partial charge in [0.25, 0.3) is 0 Å². The Bertz CT molecular complexity index is 163. The lowest BCUT2D eigenvalue weighted by molar-refractivity contribution is -0.0560. The van der Waals surface area contributed by atoms with Gasteiger partial charge in [-0.25, -0.2) is 0 Å². The quantitative estimate of drug-likeness (QED) is 0.268. The summed E-state index contributed by atoms with van der Waals surface area (Å²) in [6, 6.07) is 0. The lowest BCUT2D eigenvalue weighted by Gasteiger charge is -2.12. The number of ether oxygens (including phenoxy) is 2. The molecule has 0 aliphatic rings. The third kappa shape index (κ3) is 14.3. The van der Waals surface area contributed by atoms with Gasteiger partial charge in [-0.1, -0.05) is 33.1 Å². The van der Waals surface area contributed by atoms with Crippen LogP contribution in [-0.2, 0) is 9.47 Å². The highest BCUT2D eigenvalue weighted by atomic mass is 35.5. The summed E-state index contributed by atoms with van der Waals surface area (Å²) in [7, 11) is 0. The van der Waals surface area contributed by atoms with E-state index in [4.69, 9.17) is 21.1 Å². The smallest absolute Gasteiger partial charge is 0.146 e. The highest BCUT2D eigenvalue weighted by Gasteiger charge is 2.05. The van der Waals surface area contributed by atoms with Crippen molar-refractivity contribution in [1.29, 1.82) is 0 Å². The van der Waals surface area contributed by atoms with Crippen molar-refractivity contribution in [1.82, 2.24) is 0 Å². The molecule has 0 heterocycles. The number of hydrogen-bond acceptors (Lipinski definition) is 2. The number of unbranched alkanes of at least 4 members (excludes halogenated alkanes) is 3. The SMILES string of the molecule is CCCCCCOCOCCCC(C)CC(C)Cl. The maximum absolute atomic E-state index is 5.95. The minimum atomic E-state index is 0.285. The zero-order valence-corrected chi connectivity index (χ0v) is 13.2. The first-order chi connectivity index (χ1) is 8.66. The molecular formula is C15H31ClO2. The predicted molar refractivity (Wildman–Crippen MR) is 79.2 cm³/mol. The van der Waals surface area contributed by atoms with Gasteiger partial charge in [0.1, 0.15) is 6.79 Å². The first-order valence-electron chi connectivity index (χ1n) is 7.46. The first-order valence-corrected chi connectivity index (χ1v) is 7.90. The minimum absolute atomic E-state index is 0.285. The van der Waals surface area contributed by atoms with Crippen molar-refractivity contribution in [3.8, 4) is 0 Å². The van der Waals surface area contributed by atoms with Crippen LogP contribution in [0.4, 0.5) is 0 Å². The van der Waals surface area contributed by atoms with Crippen LogP contribution >= 0.6 is 11.6 Å². The van der Waals surface area contributed by atoms with Gasteiger partial charge in [0.15, 0.2) is 0 Å². The van der Waals surface area contributed by atoms with Gasteiger partial charge in [0.2, 0.25) is 0 Å². The maximum atomic E-state index is 5.95. The van der Waals surface area contributed by atoms with Crippen LogP contribution in [0.15, 0.2) is 0 Å². The summed E-state index contributed by atoms with van der Waals surface area (Å²) in [5, 5.41) is 0.285. The number of alkyl halides is 1. The molecule has 0 aliphatic carbocycles. The monoisotopic (exact) mass is 278 g/mol. The molecule has 0 aromatic carbocycles. The Kier molecular flexibility index (Phi) is 13.8. The van der Waals surface area contributed by atoms with Crippen LogP contribution in [0.25, 0.3) is 0 Å². The third-order valence-electron chi connectivity index (χ3n) is 3.02. The molecule has 0 aliphatic heterocycles. The maximum Gasteiger partial charge on any atom is 0.146 e. The van der Waals surface area contributed by atoms with Crippen LogP contribution in [0.5, 0.6) is 0 Å². The fraction of sp³-hybridized carbons (Fsp3) is 1.00. The largest absolute Gasteiger partial charge is 0.355 e. The Morgan fingerprint density at radius 2 is 1.61 bits per heavy atom. The Morgan fingerprint density at radius 3 is 2.22 bits per heavy atom. The molecule has 0 bridgehead atoms. The van der Waals surface area contributed by atoms with Gasteiger partial charge in [-0.2, -0.15) is 0 Å². The molecule has 0 rings (SSSR count). The van der Waals surface area contributed by atoms with Crippen molar-refractivity contribution < 1.29 is 9.47 Å². The number of halogens is 1. The van der Waals surface area contributed by atoms with E-state index in [9.17, 15) is 0 Å². The van der Waals surface area contributed by atoms with Crippen LogP contribution < -0.4 is 0 Å². The molecule has 0 radical (unpaired) electrons. The molecule has 0 saturated carbocycles. The molecule has 0 amide bonds. The zero-order chi connectivity index (χ0) is 13.6. The van der Waals surface area contributed by atoms with E-state index in [2.05, 4.69) is 20.8 Å². The molecule has 2 atom stereocenters. The average molecular weight is 279 g/mol. The molecule has 2 nitrogen and oxygen atoms in total. The second-order valence-corrected chi connectivity index (χ2v) is 6.00. The van der Waals surface area contributed by atoms with Crippen molar-refractivity contribution in [3.63, 3.8) is 0 Å². The van der Waals surface area contributed by atoms with Crippen molar-refractivity contribution in [2.75, 3.05) is 20.0 Å². The van der Waals surface area contributed by atoms with Gasteiger partial charge >= 0.3 is 0 Å². The number of hydrogen-bond donors (Lipinski definition) is 0. The lowest BCUT2D eigenvalue weighted by Crippen LogP contribution is -2.06. The summed E-state index contributed by atoms with van der Waals surface area (Å²) < 4.78 is 10.8. The molecule has 2 unspecified atom stereocenters. The molecule has 0 fully saturated rings. The van der Waals surface area contributed by atoms with Gasteiger partial charge in [-0.05, 0) is 38.5 Å². The van der Waals surface area contributed by atoms with Crippen molar-refractivity contribution in [3.05, 3.63) is 0 Å². The molecule has 3 heteroatoms. The summed E-state index contributed by atoms with van der Waals surface area (Å²) in [5.41, 5.74) is 0. The van der Waals surface area contributed by atoms with Gasteiger partial charge in [-0.15, -0.1) is 11.6 Å². The van der Waals surface area contributed by atoms with Gasteiger partial charge in [0, 0.05) is 18.6 Å². The lowest BCUT2D eigenvalue weighted by atomic mass is 10.0. The van der Waals surface area contributed by atoms with E-state index < -0.39 is 0 Å². The van der Waals surface area contributed by atoms with E-state index in [1.165, 1.54) is 25.7 Å². The molecule has 0 aromatic heterocycles. The van der Waals surface area contributed by atoms with Crippen LogP contribution in [0.3, 0.4) is 0 Å². The molecule has 110 valence electrons. The average Bonchev–Trinajstić information content (AvgIpc) is 2.30. The Hall–Kier alpha value is 0.210. The normalized spacial score (nSPS) is 14.7. The van der Waals surface area contributed by atoms with E-state index in [0.29, 0.717) is 12.7 Å². The Balaban J connectivity index is 3.07. The summed E-state index contributed by atoms with van der Waals surface area (Å²) in [4.78, 5) is 0. The van der Waals surface area contributed by atoms with Crippen LogP contribution in [0.2, 0.25) is 0 Å². The summed E-state index contributed by atoms with van der Waals surface area (Å²) in [6.07, 6.45) is 8.39. The van der Waals surface area contributed by atoms with Gasteiger partial charge in [-0.3, -0.25) is 0 Å². The second kappa shape index (κ2) is 13.6. The van der Waals surface area contributed by atoms with E-state index >= 15 is 0 Å². The highest BCUT2D eigenvalue weighted by molar-refractivity contribution is 6.20. The Labute approximate surface area is 118 Å². The van der Waals surface area contributed by atoms with E-state index in [1.54, 1.807) is 0 Å². The second-order valence-electron chi connectivity index (χ2n) is 5.26. The molecular weight excluding hydrogens is 248 g/mol. The predicted octanol–water partition coefficient (Wildman–Crippen LogP) is 4.99. The summed E-state index contributed by atoms with van der Waals surface area (Å²) in [6.45, 7) is 8.61. The first kappa shape index (κ1) is 18.2. The van der Waals surface area contributed by atoms with Crippen LogP contribution in [0.1, 0.15) is 65.7 Å². The molecule has 18 heavy (non-hydrogen) atoms. The van der Waals surface area contributed by atoms with E-state index in [1.807, 2.05) is 0 Å². The molecule has 0 N–H and O–H groups in total. The standard InChI is InChI=1S/C15H31ClO2/c1-4-5-6-7-10-17-13-18-11-8-9-14(2)12-15(3)16/h14-15H,4-13H2,1-3H3. The van der Waals surface area contributed by atoms with Crippen molar-refractivity contribution in [2.24, 2.45) is 5.92 Å². The molecule has 0 saturated heterocycles. The van der Waals surface area contributed by atoms with Crippen molar-refractivity contribution >= 4 is 11.6 Å². The molecule has 0 spiro atoms. The summed E-state index contributed by atoms with van der Waals surface area (Å²) >= 11 is 5.95. The highest BCUT2D eigenvalue weighted by Crippen LogP contribution is 2.15. The van der Waals surface area contributed by atoms with Crippen molar-refractivity contribution in [2.45, 2.75) is 71.1 Å².